The van der Waals surface area contributed by atoms with Crippen molar-refractivity contribution in [1.82, 2.24) is 5.32 Å². The number of alkyl carbamates (subject to hydrolysis) is 1. The van der Waals surface area contributed by atoms with Crippen molar-refractivity contribution < 1.29 is 28.5 Å². The third-order valence-corrected chi connectivity index (χ3v) is 3.85. The molecule has 7 heteroatoms. The van der Waals surface area contributed by atoms with Crippen LogP contribution in [-0.2, 0) is 23.7 Å². The Hall–Kier alpha value is -1.34. The number of ether oxygens (including phenoxy) is 4. The number of nitrogens with one attached hydrogen (secondary N) is 1. The van der Waals surface area contributed by atoms with Gasteiger partial charge < -0.3 is 24.3 Å². The van der Waals surface area contributed by atoms with Crippen molar-refractivity contribution in [2.24, 2.45) is 0 Å². The highest BCUT2D eigenvalue weighted by atomic mass is 16.6. The van der Waals surface area contributed by atoms with Crippen LogP contribution < -0.4 is 5.32 Å². The van der Waals surface area contributed by atoms with Crippen LogP contribution in [0.3, 0.4) is 0 Å². The minimum Gasteiger partial charge on any atom is -0.469 e. The predicted molar refractivity (Wildman–Crippen MR) is 93.4 cm³/mol. The Morgan fingerprint density at radius 2 is 1.56 bits per heavy atom. The summed E-state index contributed by atoms with van der Waals surface area (Å²) in [5.74, 6) is -0.194. The monoisotopic (exact) mass is 359 g/mol. The lowest BCUT2D eigenvalue weighted by molar-refractivity contribution is -0.141. The molecule has 1 amide bonds. The summed E-state index contributed by atoms with van der Waals surface area (Å²) in [6.45, 7) is 7.01. The first kappa shape index (κ1) is 21.7. The average Bonchev–Trinajstić information content (AvgIpc) is 2.55. The number of methoxy groups -OCH3 is 1. The Kier molecular flexibility index (Phi) is 9.82. The molecule has 7 nitrogen and oxygen atoms in total. The predicted octanol–water partition coefficient (Wildman–Crippen LogP) is 2.81. The molecule has 0 aliphatic heterocycles. The number of carbonyl (C=O) groups is 2. The van der Waals surface area contributed by atoms with Crippen LogP contribution in [0.5, 0.6) is 0 Å². The van der Waals surface area contributed by atoms with Gasteiger partial charge in [0.05, 0.1) is 25.9 Å². The fraction of sp³-hybridized carbons (Fsp3) is 0.889. The van der Waals surface area contributed by atoms with E-state index in [-0.39, 0.29) is 18.2 Å². The van der Waals surface area contributed by atoms with Crippen molar-refractivity contribution >= 4 is 12.1 Å². The molecule has 0 aromatic heterocycles. The van der Waals surface area contributed by atoms with Crippen molar-refractivity contribution in [3.63, 3.8) is 0 Å². The number of esters is 1. The summed E-state index contributed by atoms with van der Waals surface area (Å²) in [6, 6.07) is 0. The minimum atomic E-state index is -0.486. The van der Waals surface area contributed by atoms with Crippen LogP contribution >= 0.6 is 0 Å². The molecule has 0 radical (unpaired) electrons. The van der Waals surface area contributed by atoms with Crippen molar-refractivity contribution in [1.29, 1.82) is 0 Å². The van der Waals surface area contributed by atoms with Crippen molar-refractivity contribution in [3.05, 3.63) is 0 Å². The van der Waals surface area contributed by atoms with Gasteiger partial charge in [-0.15, -0.1) is 0 Å². The molecule has 1 N–H and O–H groups in total. The Balaban J connectivity index is 2.01. The second kappa shape index (κ2) is 11.3. The molecule has 1 aliphatic carbocycles. The van der Waals surface area contributed by atoms with E-state index in [1.165, 1.54) is 7.11 Å². The van der Waals surface area contributed by atoms with Crippen molar-refractivity contribution in [2.45, 2.75) is 77.1 Å². The van der Waals surface area contributed by atoms with E-state index in [0.29, 0.717) is 32.6 Å². The molecule has 146 valence electrons. The van der Waals surface area contributed by atoms with E-state index in [2.05, 4.69) is 10.1 Å². The third kappa shape index (κ3) is 11.0. The first-order valence-electron chi connectivity index (χ1n) is 9.07. The maximum absolute atomic E-state index is 11.5. The molecule has 0 atom stereocenters. The first-order chi connectivity index (χ1) is 11.8. The number of carbonyl (C=O) groups excluding carboxylic acids is 2. The van der Waals surface area contributed by atoms with E-state index in [0.717, 1.165) is 25.7 Å². The van der Waals surface area contributed by atoms with Gasteiger partial charge in [-0.25, -0.2) is 4.79 Å². The zero-order valence-electron chi connectivity index (χ0n) is 16.0. The van der Waals surface area contributed by atoms with Crippen LogP contribution in [0.4, 0.5) is 4.79 Å². The number of amides is 1. The van der Waals surface area contributed by atoms with Gasteiger partial charge in [0.1, 0.15) is 5.60 Å². The summed E-state index contributed by atoms with van der Waals surface area (Å²) in [5, 5.41) is 2.69. The lowest BCUT2D eigenvalue weighted by Gasteiger charge is -2.28. The number of hydrogen-bond acceptors (Lipinski definition) is 6. The highest BCUT2D eigenvalue weighted by molar-refractivity contribution is 5.69. The quantitative estimate of drug-likeness (QED) is 0.503. The largest absolute Gasteiger partial charge is 0.469 e. The van der Waals surface area contributed by atoms with Gasteiger partial charge in [-0.3, -0.25) is 4.79 Å². The normalized spacial score (nSPS) is 20.8. The van der Waals surface area contributed by atoms with Gasteiger partial charge >= 0.3 is 12.1 Å². The van der Waals surface area contributed by atoms with Crippen molar-refractivity contribution in [3.8, 4) is 0 Å². The SMILES string of the molecule is COC(=O)CCCOC1CCC(OCCNC(=O)OC(C)(C)C)CC1. The van der Waals surface area contributed by atoms with Gasteiger partial charge in [0, 0.05) is 19.6 Å². The standard InChI is InChI=1S/C18H33NO6/c1-18(2,3)25-17(21)19-11-13-24-15-9-7-14(8-10-15)23-12-5-6-16(20)22-4/h14-15H,5-13H2,1-4H3,(H,19,21). The van der Waals surface area contributed by atoms with Gasteiger partial charge in [0.15, 0.2) is 0 Å². The molecule has 0 heterocycles. The van der Waals surface area contributed by atoms with Gasteiger partial charge in [0.2, 0.25) is 0 Å². The Bertz CT molecular complexity index is 399. The molecule has 0 bridgehead atoms. The molecule has 1 rings (SSSR count). The molecule has 25 heavy (non-hydrogen) atoms. The van der Waals surface area contributed by atoms with Crippen LogP contribution in [0.2, 0.25) is 0 Å². The molecular formula is C18H33NO6. The maximum Gasteiger partial charge on any atom is 0.407 e. The number of hydrogen-bond donors (Lipinski definition) is 1. The lowest BCUT2D eigenvalue weighted by Crippen LogP contribution is -2.35. The molecule has 1 saturated carbocycles. The zero-order chi connectivity index (χ0) is 18.7. The second-order valence-corrected chi connectivity index (χ2v) is 7.25. The van der Waals surface area contributed by atoms with Crippen LogP contribution in [0.25, 0.3) is 0 Å². The molecule has 0 spiro atoms. The first-order valence-corrected chi connectivity index (χ1v) is 9.07. The average molecular weight is 359 g/mol. The fourth-order valence-corrected chi connectivity index (χ4v) is 2.63. The van der Waals surface area contributed by atoms with E-state index in [1.807, 2.05) is 20.8 Å². The second-order valence-electron chi connectivity index (χ2n) is 7.25. The maximum atomic E-state index is 11.5. The molecule has 0 saturated heterocycles. The van der Waals surface area contributed by atoms with Crippen LogP contribution in [0.15, 0.2) is 0 Å². The van der Waals surface area contributed by atoms with Gasteiger partial charge in [-0.1, -0.05) is 0 Å². The summed E-state index contributed by atoms with van der Waals surface area (Å²) < 4.78 is 21.3. The summed E-state index contributed by atoms with van der Waals surface area (Å²) in [6.07, 6.45) is 4.97. The van der Waals surface area contributed by atoms with Crippen LogP contribution in [0.1, 0.15) is 59.3 Å². The van der Waals surface area contributed by atoms with E-state index < -0.39 is 11.7 Å². The third-order valence-electron chi connectivity index (χ3n) is 3.85. The molecule has 1 fully saturated rings. The summed E-state index contributed by atoms with van der Waals surface area (Å²) in [7, 11) is 1.40. The smallest absolute Gasteiger partial charge is 0.407 e. The Morgan fingerprint density at radius 1 is 1.00 bits per heavy atom. The van der Waals surface area contributed by atoms with E-state index in [1.54, 1.807) is 0 Å². The zero-order valence-corrected chi connectivity index (χ0v) is 16.0. The van der Waals surface area contributed by atoms with Gasteiger partial charge in [-0.05, 0) is 52.9 Å². The van der Waals surface area contributed by atoms with Crippen LogP contribution in [0, 0.1) is 0 Å². The molecule has 0 aromatic carbocycles. The van der Waals surface area contributed by atoms with Gasteiger partial charge in [0.25, 0.3) is 0 Å². The molecular weight excluding hydrogens is 326 g/mol. The molecule has 0 aromatic rings. The van der Waals surface area contributed by atoms with Gasteiger partial charge in [-0.2, -0.15) is 0 Å². The van der Waals surface area contributed by atoms with E-state index in [9.17, 15) is 9.59 Å². The Labute approximate surface area is 150 Å². The summed E-state index contributed by atoms with van der Waals surface area (Å²) in [4.78, 5) is 22.5. The summed E-state index contributed by atoms with van der Waals surface area (Å²) in [5.41, 5.74) is -0.486. The highest BCUT2D eigenvalue weighted by Gasteiger charge is 2.22. The molecule has 1 aliphatic rings. The summed E-state index contributed by atoms with van der Waals surface area (Å²) >= 11 is 0. The van der Waals surface area contributed by atoms with Crippen LogP contribution in [-0.4, -0.2) is 56.7 Å². The lowest BCUT2D eigenvalue weighted by atomic mass is 9.95. The van der Waals surface area contributed by atoms with Crippen molar-refractivity contribution in [2.75, 3.05) is 26.9 Å². The van der Waals surface area contributed by atoms with E-state index in [4.69, 9.17) is 14.2 Å². The minimum absolute atomic E-state index is 0.194. The molecule has 0 unspecified atom stereocenters. The topological polar surface area (TPSA) is 83.1 Å². The Morgan fingerprint density at radius 3 is 2.08 bits per heavy atom. The highest BCUT2D eigenvalue weighted by Crippen LogP contribution is 2.23. The fourth-order valence-electron chi connectivity index (χ4n) is 2.63. The number of rotatable bonds is 9. The van der Waals surface area contributed by atoms with E-state index >= 15 is 0 Å².